The Labute approximate surface area is 154 Å². The van der Waals surface area contributed by atoms with E-state index in [0.717, 1.165) is 30.5 Å². The fourth-order valence-corrected chi connectivity index (χ4v) is 5.81. The minimum Gasteiger partial charge on any atom is -0.274 e. The first-order valence-electron chi connectivity index (χ1n) is 9.71. The number of anilines is 1. The summed E-state index contributed by atoms with van der Waals surface area (Å²) in [6.07, 6.45) is 2.88. The van der Waals surface area contributed by atoms with E-state index in [1.54, 1.807) is 0 Å². The van der Waals surface area contributed by atoms with Gasteiger partial charge in [-0.25, -0.2) is 4.90 Å². The smallest absolute Gasteiger partial charge is 0.238 e. The average molecular weight is 345 g/mol. The summed E-state index contributed by atoms with van der Waals surface area (Å²) in [4.78, 5) is 28.1. The van der Waals surface area contributed by atoms with Crippen molar-refractivity contribution in [3.63, 3.8) is 0 Å². The number of rotatable bonds is 3. The van der Waals surface area contributed by atoms with Gasteiger partial charge in [-0.3, -0.25) is 9.59 Å². The van der Waals surface area contributed by atoms with Crippen molar-refractivity contribution in [1.29, 1.82) is 0 Å². The van der Waals surface area contributed by atoms with Crippen molar-refractivity contribution in [2.75, 3.05) is 4.90 Å². The summed E-state index contributed by atoms with van der Waals surface area (Å²) in [5.41, 5.74) is 3.20. The normalized spacial score (nSPS) is 32.3. The number of amides is 2. The van der Waals surface area contributed by atoms with E-state index in [2.05, 4.69) is 31.2 Å². The Balaban J connectivity index is 1.51. The van der Waals surface area contributed by atoms with Crippen LogP contribution in [-0.2, 0) is 16.0 Å². The summed E-state index contributed by atoms with van der Waals surface area (Å²) in [5.74, 6) is 0.927. The Morgan fingerprint density at radius 1 is 0.885 bits per heavy atom. The maximum Gasteiger partial charge on any atom is 0.238 e. The van der Waals surface area contributed by atoms with Crippen LogP contribution in [0.4, 0.5) is 5.69 Å². The van der Waals surface area contributed by atoms with Crippen molar-refractivity contribution in [1.82, 2.24) is 0 Å². The summed E-state index contributed by atoms with van der Waals surface area (Å²) in [6.45, 7) is 2.07. The van der Waals surface area contributed by atoms with Crippen LogP contribution in [0.1, 0.15) is 36.8 Å². The van der Waals surface area contributed by atoms with Gasteiger partial charge in [0.1, 0.15) is 0 Å². The van der Waals surface area contributed by atoms with Crippen LogP contribution < -0.4 is 4.90 Å². The molecule has 0 spiro atoms. The van der Waals surface area contributed by atoms with Gasteiger partial charge in [0.05, 0.1) is 17.5 Å². The highest BCUT2D eigenvalue weighted by Crippen LogP contribution is 2.62. The number of para-hydroxylation sites is 1. The molecular formula is C23H23NO2. The van der Waals surface area contributed by atoms with Crippen molar-refractivity contribution in [3.05, 3.63) is 65.7 Å². The number of aryl methyl sites for hydroxylation is 1. The fourth-order valence-electron chi connectivity index (χ4n) is 5.81. The van der Waals surface area contributed by atoms with Crippen molar-refractivity contribution < 1.29 is 9.59 Å². The van der Waals surface area contributed by atoms with Crippen LogP contribution in [0.2, 0.25) is 0 Å². The Hall–Kier alpha value is -2.42. The zero-order valence-electron chi connectivity index (χ0n) is 15.0. The molecule has 5 rings (SSSR count). The molecule has 2 aromatic rings. The molecule has 2 aliphatic carbocycles. The maximum atomic E-state index is 13.3. The lowest BCUT2D eigenvalue weighted by Gasteiger charge is -2.28. The van der Waals surface area contributed by atoms with Crippen LogP contribution >= 0.6 is 0 Å². The molecular weight excluding hydrogens is 322 g/mol. The molecule has 2 amide bonds. The lowest BCUT2D eigenvalue weighted by atomic mass is 9.73. The van der Waals surface area contributed by atoms with E-state index < -0.39 is 0 Å². The van der Waals surface area contributed by atoms with Gasteiger partial charge in [-0.2, -0.15) is 0 Å². The van der Waals surface area contributed by atoms with Gasteiger partial charge in [-0.15, -0.1) is 0 Å². The second-order valence-corrected chi connectivity index (χ2v) is 7.96. The number of nitrogens with zero attached hydrogens (tertiary/aromatic N) is 1. The van der Waals surface area contributed by atoms with Crippen LogP contribution in [0.3, 0.4) is 0 Å². The lowest BCUT2D eigenvalue weighted by molar-refractivity contribution is -0.123. The topological polar surface area (TPSA) is 37.4 Å². The van der Waals surface area contributed by atoms with Crippen LogP contribution in [0.5, 0.6) is 0 Å². The first kappa shape index (κ1) is 15.8. The number of carbonyl (C=O) groups excluding carboxylic acids is 2. The standard InChI is InChI=1S/C23H23NO2/c1-2-14-8-6-7-11-19(14)24-22(25)20-16-12-17(15-9-4-3-5-10-15)18(13-16)21(20)23(24)26/h3-11,16-18,20-21H,2,12-13H2,1H3. The highest BCUT2D eigenvalue weighted by atomic mass is 16.2. The van der Waals surface area contributed by atoms with Crippen LogP contribution in [0.25, 0.3) is 0 Å². The van der Waals surface area contributed by atoms with Gasteiger partial charge in [0.15, 0.2) is 0 Å². The average Bonchev–Trinajstić information content (AvgIpc) is 3.34. The van der Waals surface area contributed by atoms with E-state index in [1.165, 1.54) is 10.5 Å². The maximum absolute atomic E-state index is 13.3. The third-order valence-electron chi connectivity index (χ3n) is 6.86. The Morgan fingerprint density at radius 2 is 1.58 bits per heavy atom. The van der Waals surface area contributed by atoms with Gasteiger partial charge in [-0.1, -0.05) is 55.5 Å². The number of hydrogen-bond donors (Lipinski definition) is 0. The second-order valence-electron chi connectivity index (χ2n) is 7.96. The first-order chi connectivity index (χ1) is 12.7. The summed E-state index contributed by atoms with van der Waals surface area (Å²) in [7, 11) is 0. The van der Waals surface area contributed by atoms with Gasteiger partial charge < -0.3 is 0 Å². The summed E-state index contributed by atoms with van der Waals surface area (Å²) >= 11 is 0. The molecule has 1 saturated heterocycles. The summed E-state index contributed by atoms with van der Waals surface area (Å²) < 4.78 is 0. The highest BCUT2D eigenvalue weighted by Gasteiger charge is 2.64. The molecule has 3 nitrogen and oxygen atoms in total. The molecule has 1 aliphatic heterocycles. The van der Waals surface area contributed by atoms with Crippen molar-refractivity contribution in [2.45, 2.75) is 32.1 Å². The second kappa shape index (κ2) is 5.80. The lowest BCUT2D eigenvalue weighted by Crippen LogP contribution is -2.33. The SMILES string of the molecule is CCc1ccccc1N1C(=O)C2C3CC(c4ccccc4)C(C3)C2C1=O. The van der Waals surface area contributed by atoms with E-state index in [1.807, 2.05) is 30.3 Å². The number of carbonyl (C=O) groups is 2. The number of fused-ring (bicyclic) bond motifs is 5. The monoisotopic (exact) mass is 345 g/mol. The van der Waals surface area contributed by atoms with Crippen molar-refractivity contribution in [3.8, 4) is 0 Å². The van der Waals surface area contributed by atoms with E-state index >= 15 is 0 Å². The molecule has 132 valence electrons. The molecule has 1 heterocycles. The quantitative estimate of drug-likeness (QED) is 0.783. The fraction of sp³-hybridized carbons (Fsp3) is 0.391. The summed E-state index contributed by atoms with van der Waals surface area (Å²) in [5, 5.41) is 0. The minimum atomic E-state index is -0.128. The zero-order valence-corrected chi connectivity index (χ0v) is 15.0. The largest absolute Gasteiger partial charge is 0.274 e. The molecule has 2 bridgehead atoms. The van der Waals surface area contributed by atoms with Gasteiger partial charge in [-0.05, 0) is 54.2 Å². The van der Waals surface area contributed by atoms with E-state index in [9.17, 15) is 9.59 Å². The highest BCUT2D eigenvalue weighted by molar-refractivity contribution is 6.23. The van der Waals surface area contributed by atoms with Gasteiger partial charge in [0.25, 0.3) is 0 Å². The molecule has 3 fully saturated rings. The Bertz CT molecular complexity index is 875. The van der Waals surface area contributed by atoms with Crippen molar-refractivity contribution >= 4 is 17.5 Å². The van der Waals surface area contributed by atoms with E-state index in [4.69, 9.17) is 0 Å². The van der Waals surface area contributed by atoms with E-state index in [0.29, 0.717) is 17.8 Å². The van der Waals surface area contributed by atoms with Gasteiger partial charge in [0, 0.05) is 0 Å². The molecule has 26 heavy (non-hydrogen) atoms. The first-order valence-corrected chi connectivity index (χ1v) is 9.71. The number of benzene rings is 2. The van der Waals surface area contributed by atoms with Crippen molar-refractivity contribution in [2.24, 2.45) is 23.7 Å². The van der Waals surface area contributed by atoms with Crippen LogP contribution in [-0.4, -0.2) is 11.8 Å². The molecule has 0 aromatic heterocycles. The van der Waals surface area contributed by atoms with E-state index in [-0.39, 0.29) is 23.7 Å². The molecule has 3 heteroatoms. The van der Waals surface area contributed by atoms with Crippen LogP contribution in [0.15, 0.2) is 54.6 Å². The minimum absolute atomic E-state index is 0.0361. The Morgan fingerprint density at radius 3 is 2.35 bits per heavy atom. The summed E-state index contributed by atoms with van der Waals surface area (Å²) in [6, 6.07) is 18.4. The molecule has 5 unspecified atom stereocenters. The predicted octanol–water partition coefficient (Wildman–Crippen LogP) is 4.18. The molecule has 5 atom stereocenters. The Kier molecular flexibility index (Phi) is 3.53. The molecule has 0 radical (unpaired) electrons. The number of hydrogen-bond acceptors (Lipinski definition) is 2. The number of imide groups is 1. The van der Waals surface area contributed by atoms with Gasteiger partial charge in [0.2, 0.25) is 11.8 Å². The molecule has 0 N–H and O–H groups in total. The van der Waals surface area contributed by atoms with Gasteiger partial charge >= 0.3 is 0 Å². The third-order valence-corrected chi connectivity index (χ3v) is 6.86. The third kappa shape index (κ3) is 2.06. The van der Waals surface area contributed by atoms with Crippen LogP contribution in [0, 0.1) is 23.7 Å². The molecule has 3 aliphatic rings. The molecule has 2 saturated carbocycles. The molecule has 2 aromatic carbocycles. The zero-order chi connectivity index (χ0) is 17.8. The predicted molar refractivity (Wildman–Crippen MR) is 101 cm³/mol.